The molecule has 0 spiro atoms. The number of esters is 1. The van der Waals surface area contributed by atoms with E-state index in [1.807, 2.05) is 13.8 Å². The number of amides is 1. The largest absolute Gasteiger partial charge is 0.452 e. The van der Waals surface area contributed by atoms with Gasteiger partial charge in [0.15, 0.2) is 16.4 Å². The first-order valence-corrected chi connectivity index (χ1v) is 10.7. The molecule has 2 atom stereocenters. The van der Waals surface area contributed by atoms with E-state index in [2.05, 4.69) is 0 Å². The van der Waals surface area contributed by atoms with Crippen LogP contribution in [-0.4, -0.2) is 55.4 Å². The Morgan fingerprint density at radius 3 is 2.67 bits per heavy atom. The minimum atomic E-state index is -3.14. The van der Waals surface area contributed by atoms with Crippen molar-refractivity contribution in [2.45, 2.75) is 38.8 Å². The average molecular weight is 397 g/mol. The molecule has 0 aromatic heterocycles. The van der Waals surface area contributed by atoms with Crippen molar-refractivity contribution in [3.63, 3.8) is 0 Å². The number of carbonyl (C=O) groups is 2. The maximum Gasteiger partial charge on any atom is 0.331 e. The normalized spacial score (nSPS) is 19.7. The summed E-state index contributed by atoms with van der Waals surface area (Å²) in [6.07, 6.45) is 3.38. The number of hydrogen-bond acceptors (Lipinski definition) is 5. The number of ether oxygens (including phenoxy) is 1. The van der Waals surface area contributed by atoms with Crippen LogP contribution in [0.4, 0.5) is 4.39 Å². The summed E-state index contributed by atoms with van der Waals surface area (Å²) in [5.74, 6) is -1.68. The molecular weight excluding hydrogens is 373 g/mol. The predicted octanol–water partition coefficient (Wildman–Crippen LogP) is 2.20. The Morgan fingerprint density at radius 1 is 1.37 bits per heavy atom. The van der Waals surface area contributed by atoms with Crippen molar-refractivity contribution in [1.29, 1.82) is 0 Å². The highest BCUT2D eigenvalue weighted by atomic mass is 32.2. The molecule has 8 heteroatoms. The first-order valence-electron chi connectivity index (χ1n) is 8.84. The third-order valence-electron chi connectivity index (χ3n) is 4.60. The number of hydrogen-bond donors (Lipinski definition) is 0. The number of carbonyl (C=O) groups excluding carboxylic acids is 2. The molecule has 148 valence electrons. The minimum Gasteiger partial charge on any atom is -0.452 e. The monoisotopic (exact) mass is 397 g/mol. The van der Waals surface area contributed by atoms with Crippen LogP contribution in [0, 0.1) is 5.82 Å². The maximum atomic E-state index is 13.5. The van der Waals surface area contributed by atoms with Gasteiger partial charge in [-0.25, -0.2) is 17.6 Å². The van der Waals surface area contributed by atoms with Gasteiger partial charge in [-0.2, -0.15) is 0 Å². The van der Waals surface area contributed by atoms with Gasteiger partial charge in [-0.05, 0) is 31.9 Å². The second-order valence-corrected chi connectivity index (χ2v) is 8.81. The summed E-state index contributed by atoms with van der Waals surface area (Å²) in [6, 6.07) is 5.39. The third-order valence-corrected chi connectivity index (χ3v) is 6.35. The summed E-state index contributed by atoms with van der Waals surface area (Å²) in [5, 5.41) is 0. The van der Waals surface area contributed by atoms with Crippen LogP contribution in [0.1, 0.15) is 32.3 Å². The molecule has 27 heavy (non-hydrogen) atoms. The number of benzene rings is 1. The molecule has 0 unspecified atom stereocenters. The van der Waals surface area contributed by atoms with Crippen molar-refractivity contribution in [3.05, 3.63) is 41.7 Å². The van der Waals surface area contributed by atoms with Crippen molar-refractivity contribution in [3.8, 4) is 0 Å². The Hall–Kier alpha value is -2.22. The van der Waals surface area contributed by atoms with E-state index in [1.54, 1.807) is 6.07 Å². The Bertz CT molecular complexity index is 821. The van der Waals surface area contributed by atoms with Crippen LogP contribution in [0.5, 0.6) is 0 Å². The second-order valence-electron chi connectivity index (χ2n) is 6.58. The van der Waals surface area contributed by atoms with Crippen LogP contribution in [0.25, 0.3) is 6.08 Å². The van der Waals surface area contributed by atoms with Crippen molar-refractivity contribution in [2.75, 3.05) is 18.1 Å². The van der Waals surface area contributed by atoms with Crippen LogP contribution >= 0.6 is 0 Å². The van der Waals surface area contributed by atoms with Crippen molar-refractivity contribution in [2.24, 2.45) is 0 Å². The van der Waals surface area contributed by atoms with Gasteiger partial charge in [0.2, 0.25) is 0 Å². The van der Waals surface area contributed by atoms with E-state index in [-0.39, 0.29) is 23.1 Å². The highest BCUT2D eigenvalue weighted by Gasteiger charge is 2.36. The summed E-state index contributed by atoms with van der Waals surface area (Å²) in [5.41, 5.74) is 0.234. The van der Waals surface area contributed by atoms with E-state index in [9.17, 15) is 22.4 Å². The minimum absolute atomic E-state index is 0.0586. The van der Waals surface area contributed by atoms with E-state index in [4.69, 9.17) is 4.74 Å². The zero-order valence-corrected chi connectivity index (χ0v) is 16.2. The fourth-order valence-corrected chi connectivity index (χ4v) is 4.74. The second kappa shape index (κ2) is 9.12. The van der Waals surface area contributed by atoms with Gasteiger partial charge in [0.25, 0.3) is 5.91 Å². The molecule has 6 nitrogen and oxygen atoms in total. The lowest BCUT2D eigenvalue weighted by molar-refractivity contribution is -0.150. The third kappa shape index (κ3) is 5.89. The molecule has 1 heterocycles. The van der Waals surface area contributed by atoms with Gasteiger partial charge in [-0.1, -0.05) is 25.1 Å². The molecular formula is C19H24FNO5S. The lowest BCUT2D eigenvalue weighted by Gasteiger charge is -2.33. The molecule has 1 aromatic carbocycles. The van der Waals surface area contributed by atoms with Gasteiger partial charge in [-0.15, -0.1) is 0 Å². The van der Waals surface area contributed by atoms with Crippen LogP contribution in [0.2, 0.25) is 0 Å². The van der Waals surface area contributed by atoms with Crippen LogP contribution in [0.15, 0.2) is 30.3 Å². The molecule has 1 aliphatic heterocycles. The van der Waals surface area contributed by atoms with Gasteiger partial charge < -0.3 is 9.64 Å². The standard InChI is InChI=1S/C19H24FNO5S/c1-3-14(2)21(16-10-11-27(24,25)13-16)18(22)12-26-19(23)9-8-15-6-4-5-7-17(15)20/h4-9,14,16H,3,10-13H2,1-2H3/b9-8+/t14-,16-/m0/s1. The van der Waals surface area contributed by atoms with E-state index in [1.165, 1.54) is 29.2 Å². The van der Waals surface area contributed by atoms with Gasteiger partial charge in [0.1, 0.15) is 5.82 Å². The molecule has 2 rings (SSSR count). The van der Waals surface area contributed by atoms with E-state index in [0.29, 0.717) is 12.8 Å². The molecule has 1 aliphatic rings. The zero-order chi connectivity index (χ0) is 20.0. The first kappa shape index (κ1) is 21.1. The van der Waals surface area contributed by atoms with Crippen molar-refractivity contribution < 1.29 is 27.1 Å². The highest BCUT2D eigenvalue weighted by molar-refractivity contribution is 7.91. The molecule has 0 aliphatic carbocycles. The lowest BCUT2D eigenvalue weighted by atomic mass is 10.1. The Kier molecular flexibility index (Phi) is 7.12. The molecule has 1 saturated heterocycles. The topological polar surface area (TPSA) is 80.8 Å². The first-order chi connectivity index (χ1) is 12.7. The van der Waals surface area contributed by atoms with Crippen molar-refractivity contribution >= 4 is 27.8 Å². The predicted molar refractivity (Wildman–Crippen MR) is 100 cm³/mol. The molecule has 1 aromatic rings. The highest BCUT2D eigenvalue weighted by Crippen LogP contribution is 2.21. The number of halogens is 1. The quantitative estimate of drug-likeness (QED) is 0.520. The fraction of sp³-hybridized carbons (Fsp3) is 0.474. The summed E-state index contributed by atoms with van der Waals surface area (Å²) in [4.78, 5) is 25.9. The number of nitrogens with zero attached hydrogens (tertiary/aromatic N) is 1. The van der Waals surface area contributed by atoms with E-state index < -0.39 is 40.2 Å². The maximum absolute atomic E-state index is 13.5. The smallest absolute Gasteiger partial charge is 0.331 e. The van der Waals surface area contributed by atoms with E-state index in [0.717, 1.165) is 6.08 Å². The van der Waals surface area contributed by atoms with Gasteiger partial charge in [0.05, 0.1) is 11.5 Å². The Labute approximate surface area is 158 Å². The molecule has 1 amide bonds. The Morgan fingerprint density at radius 2 is 2.07 bits per heavy atom. The Balaban J connectivity index is 1.97. The van der Waals surface area contributed by atoms with Crippen LogP contribution in [0.3, 0.4) is 0 Å². The summed E-state index contributed by atoms with van der Waals surface area (Å²) < 4.78 is 41.9. The summed E-state index contributed by atoms with van der Waals surface area (Å²) in [6.45, 7) is 3.25. The number of rotatable bonds is 7. The van der Waals surface area contributed by atoms with Crippen LogP contribution < -0.4 is 0 Å². The lowest BCUT2D eigenvalue weighted by Crippen LogP contribution is -2.48. The summed E-state index contributed by atoms with van der Waals surface area (Å²) >= 11 is 0. The fourth-order valence-electron chi connectivity index (χ4n) is 3.02. The van der Waals surface area contributed by atoms with Gasteiger partial charge in [0, 0.05) is 23.7 Å². The molecule has 0 bridgehead atoms. The van der Waals surface area contributed by atoms with Gasteiger partial charge >= 0.3 is 5.97 Å². The van der Waals surface area contributed by atoms with E-state index >= 15 is 0 Å². The number of sulfone groups is 1. The molecule has 0 radical (unpaired) electrons. The average Bonchev–Trinajstić information content (AvgIpc) is 2.98. The van der Waals surface area contributed by atoms with Crippen molar-refractivity contribution in [1.82, 2.24) is 4.90 Å². The summed E-state index contributed by atoms with van der Waals surface area (Å²) in [7, 11) is -3.14. The SMILES string of the molecule is CC[C@H](C)N(C(=O)COC(=O)/C=C/c1ccccc1F)[C@H]1CCS(=O)(=O)C1. The zero-order valence-electron chi connectivity index (χ0n) is 15.4. The molecule has 1 fully saturated rings. The molecule has 0 N–H and O–H groups in total. The molecule has 0 saturated carbocycles. The van der Waals surface area contributed by atoms with Crippen LogP contribution in [-0.2, 0) is 24.2 Å². The van der Waals surface area contributed by atoms with Gasteiger partial charge in [-0.3, -0.25) is 4.79 Å².